The lowest BCUT2D eigenvalue weighted by molar-refractivity contribution is -0.356. The molecule has 1 fully saturated rings. The van der Waals surface area contributed by atoms with E-state index in [1.807, 2.05) is 0 Å². The molecule has 3 heteroatoms. The third-order valence-corrected chi connectivity index (χ3v) is 7.32. The van der Waals surface area contributed by atoms with E-state index < -0.39 is 5.91 Å². The Bertz CT molecular complexity index is 976. The summed E-state index contributed by atoms with van der Waals surface area (Å²) in [5, 5.41) is 0. The van der Waals surface area contributed by atoms with Gasteiger partial charge >= 0.3 is 0 Å². The van der Waals surface area contributed by atoms with Crippen LogP contribution >= 0.6 is 0 Å². The molecule has 0 aromatic heterocycles. The van der Waals surface area contributed by atoms with Crippen LogP contribution in [0.25, 0.3) is 0 Å². The Kier molecular flexibility index (Phi) is 6.91. The normalized spacial score (nSPS) is 21.8. The summed E-state index contributed by atoms with van der Waals surface area (Å²) in [6.07, 6.45) is 5.34. The van der Waals surface area contributed by atoms with Crippen molar-refractivity contribution >= 4 is 0 Å². The zero-order chi connectivity index (χ0) is 22.5. The molecule has 1 heterocycles. The van der Waals surface area contributed by atoms with E-state index in [2.05, 4.69) is 96.8 Å². The van der Waals surface area contributed by atoms with Crippen molar-refractivity contribution in [2.75, 3.05) is 6.54 Å². The van der Waals surface area contributed by atoms with Gasteiger partial charge in [-0.2, -0.15) is 0 Å². The molecule has 0 bridgehead atoms. The Labute approximate surface area is 198 Å². The molecule has 3 aromatic rings. The quantitative estimate of drug-likeness (QED) is 0.380. The highest BCUT2D eigenvalue weighted by atomic mass is 16.7. The van der Waals surface area contributed by atoms with Gasteiger partial charge in [-0.3, -0.25) is 0 Å². The molecule has 3 nitrogen and oxygen atoms in total. The summed E-state index contributed by atoms with van der Waals surface area (Å²) in [5.41, 5.74) is 5.39. The molecule has 33 heavy (non-hydrogen) atoms. The first-order chi connectivity index (χ1) is 16.3. The molecule has 2 atom stereocenters. The van der Waals surface area contributed by atoms with E-state index in [0.29, 0.717) is 25.2 Å². The third kappa shape index (κ3) is 4.91. The van der Waals surface area contributed by atoms with Gasteiger partial charge in [-0.05, 0) is 53.9 Å². The monoisotopic (exact) mass is 441 g/mol. The first-order valence-electron chi connectivity index (χ1n) is 12.5. The number of hydrogen-bond acceptors (Lipinski definition) is 3. The molecule has 0 saturated carbocycles. The van der Waals surface area contributed by atoms with Gasteiger partial charge in [0, 0.05) is 19.0 Å². The predicted octanol–water partition coefficient (Wildman–Crippen LogP) is 6.36. The van der Waals surface area contributed by atoms with E-state index in [0.717, 1.165) is 38.6 Å². The van der Waals surface area contributed by atoms with Crippen molar-refractivity contribution < 1.29 is 9.47 Å². The van der Waals surface area contributed by atoms with Gasteiger partial charge in [0.2, 0.25) is 5.91 Å². The van der Waals surface area contributed by atoms with Crippen LogP contribution in [-0.2, 0) is 35.5 Å². The van der Waals surface area contributed by atoms with E-state index >= 15 is 0 Å². The van der Waals surface area contributed by atoms with Crippen molar-refractivity contribution in [1.29, 1.82) is 0 Å². The predicted molar refractivity (Wildman–Crippen MR) is 133 cm³/mol. The van der Waals surface area contributed by atoms with Crippen molar-refractivity contribution in [3.8, 4) is 0 Å². The van der Waals surface area contributed by atoms with Crippen molar-refractivity contribution in [3.05, 3.63) is 107 Å². The second kappa shape index (κ2) is 10.2. The smallest absolute Gasteiger partial charge is 0.230 e. The van der Waals surface area contributed by atoms with Gasteiger partial charge in [-0.15, -0.1) is 0 Å². The van der Waals surface area contributed by atoms with Crippen molar-refractivity contribution in [2.24, 2.45) is 5.92 Å². The minimum absolute atomic E-state index is 0.445. The summed E-state index contributed by atoms with van der Waals surface area (Å²) >= 11 is 0. The van der Waals surface area contributed by atoms with Crippen molar-refractivity contribution in [2.45, 2.75) is 64.2 Å². The lowest BCUT2D eigenvalue weighted by Gasteiger charge is -2.54. The summed E-state index contributed by atoms with van der Waals surface area (Å²) in [6, 6.07) is 30.4. The molecule has 0 N–H and O–H groups in total. The van der Waals surface area contributed by atoms with Gasteiger partial charge < -0.3 is 9.47 Å². The molecule has 3 aromatic carbocycles. The van der Waals surface area contributed by atoms with Crippen LogP contribution in [0.4, 0.5) is 0 Å². The highest BCUT2D eigenvalue weighted by Gasteiger charge is 2.50. The maximum atomic E-state index is 6.78. The van der Waals surface area contributed by atoms with Crippen LogP contribution in [0.3, 0.4) is 0 Å². The molecule has 0 spiro atoms. The van der Waals surface area contributed by atoms with Gasteiger partial charge in [0.05, 0.1) is 13.2 Å². The zero-order valence-corrected chi connectivity index (χ0v) is 19.7. The second-order valence-corrected chi connectivity index (χ2v) is 9.50. The van der Waals surface area contributed by atoms with E-state index in [-0.39, 0.29) is 0 Å². The summed E-state index contributed by atoms with van der Waals surface area (Å²) < 4.78 is 13.6. The number of benzene rings is 3. The molecular formula is C30H35NO2. The van der Waals surface area contributed by atoms with Crippen LogP contribution in [-0.4, -0.2) is 23.4 Å². The topological polar surface area (TPSA) is 21.7 Å². The molecule has 2 aliphatic rings. The van der Waals surface area contributed by atoms with Crippen LogP contribution < -0.4 is 0 Å². The SMILES string of the molecule is CCCN1C2Cc3ccccc3CC2CCC1(OCc1ccccc1)OCc1ccccc1. The van der Waals surface area contributed by atoms with Crippen LogP contribution in [0.1, 0.15) is 48.4 Å². The Balaban J connectivity index is 1.44. The highest BCUT2D eigenvalue weighted by molar-refractivity contribution is 5.32. The molecule has 5 rings (SSSR count). The first-order valence-corrected chi connectivity index (χ1v) is 12.5. The summed E-state index contributed by atoms with van der Waals surface area (Å²) in [5.74, 6) is -0.0463. The molecule has 1 aliphatic heterocycles. The Morgan fingerprint density at radius 3 is 1.88 bits per heavy atom. The zero-order valence-electron chi connectivity index (χ0n) is 19.7. The number of rotatable bonds is 8. The maximum Gasteiger partial charge on any atom is 0.230 e. The number of likely N-dealkylation sites (tertiary alicyclic amines) is 1. The summed E-state index contributed by atoms with van der Waals surface area (Å²) in [4.78, 5) is 2.57. The molecule has 172 valence electrons. The summed E-state index contributed by atoms with van der Waals surface area (Å²) in [6.45, 7) is 4.36. The van der Waals surface area contributed by atoms with Gasteiger partial charge in [0.1, 0.15) is 0 Å². The Morgan fingerprint density at radius 2 is 1.30 bits per heavy atom. The van der Waals surface area contributed by atoms with E-state index in [9.17, 15) is 0 Å². The standard InChI is InChI=1S/C30H35NO2/c1-2-19-31-29-21-27-16-10-9-15-26(27)20-28(29)17-18-30(31,32-22-24-11-5-3-6-12-24)33-23-25-13-7-4-8-14-25/h3-16,28-29H,2,17-23H2,1H3. The molecule has 1 saturated heterocycles. The lowest BCUT2D eigenvalue weighted by atomic mass is 9.74. The van der Waals surface area contributed by atoms with E-state index in [4.69, 9.17) is 9.47 Å². The molecule has 2 unspecified atom stereocenters. The Morgan fingerprint density at radius 1 is 0.758 bits per heavy atom. The molecule has 1 aliphatic carbocycles. The fourth-order valence-corrected chi connectivity index (χ4v) is 5.66. The summed E-state index contributed by atoms with van der Waals surface area (Å²) in [7, 11) is 0. The van der Waals surface area contributed by atoms with Crippen LogP contribution in [0.15, 0.2) is 84.9 Å². The number of hydrogen-bond donors (Lipinski definition) is 0. The number of ether oxygens (including phenoxy) is 2. The van der Waals surface area contributed by atoms with Gasteiger partial charge in [0.25, 0.3) is 0 Å². The minimum Gasteiger partial charge on any atom is -0.332 e. The first kappa shape index (κ1) is 22.3. The third-order valence-electron chi connectivity index (χ3n) is 7.32. The average molecular weight is 442 g/mol. The van der Waals surface area contributed by atoms with E-state index in [1.54, 1.807) is 0 Å². The van der Waals surface area contributed by atoms with Gasteiger partial charge in [-0.25, -0.2) is 4.90 Å². The maximum absolute atomic E-state index is 6.78. The van der Waals surface area contributed by atoms with Crippen molar-refractivity contribution in [3.63, 3.8) is 0 Å². The van der Waals surface area contributed by atoms with Crippen molar-refractivity contribution in [1.82, 2.24) is 4.90 Å². The minimum atomic E-state index is -0.699. The number of piperidine rings is 1. The van der Waals surface area contributed by atoms with Crippen LogP contribution in [0.2, 0.25) is 0 Å². The fraction of sp³-hybridized carbons (Fsp3) is 0.400. The van der Waals surface area contributed by atoms with Crippen LogP contribution in [0.5, 0.6) is 0 Å². The second-order valence-electron chi connectivity index (χ2n) is 9.50. The highest BCUT2D eigenvalue weighted by Crippen LogP contribution is 2.43. The van der Waals surface area contributed by atoms with Gasteiger partial charge in [0.15, 0.2) is 0 Å². The fourth-order valence-electron chi connectivity index (χ4n) is 5.66. The number of fused-ring (bicyclic) bond motifs is 2. The van der Waals surface area contributed by atoms with Crippen LogP contribution in [0, 0.1) is 5.92 Å². The van der Waals surface area contributed by atoms with Gasteiger partial charge in [-0.1, -0.05) is 91.9 Å². The van der Waals surface area contributed by atoms with E-state index in [1.165, 1.54) is 22.3 Å². The molecular weight excluding hydrogens is 406 g/mol. The molecule has 0 radical (unpaired) electrons. The number of nitrogens with zero attached hydrogens (tertiary/aromatic N) is 1. The lowest BCUT2D eigenvalue weighted by Crippen LogP contribution is -2.63. The Hall–Kier alpha value is -2.46. The molecule has 0 amide bonds. The largest absolute Gasteiger partial charge is 0.332 e. The average Bonchev–Trinajstić information content (AvgIpc) is 2.88.